The van der Waals surface area contributed by atoms with E-state index in [0.29, 0.717) is 25.4 Å². The fraction of sp³-hybridized carbons (Fsp3) is 0.211. The average Bonchev–Trinajstić information content (AvgIpc) is 3.36. The van der Waals surface area contributed by atoms with Gasteiger partial charge in [0.25, 0.3) is 0 Å². The number of carbonyl (C=O) groups excluding carboxylic acids is 1. The van der Waals surface area contributed by atoms with Gasteiger partial charge in [-0.2, -0.15) is 0 Å². The van der Waals surface area contributed by atoms with Gasteiger partial charge in [-0.3, -0.25) is 4.98 Å². The van der Waals surface area contributed by atoms with Gasteiger partial charge < -0.3 is 24.7 Å². The number of aromatic nitrogens is 3. The largest absolute Gasteiger partial charge is 0.454 e. The number of amides is 2. The van der Waals surface area contributed by atoms with E-state index in [0.717, 1.165) is 22.8 Å². The van der Waals surface area contributed by atoms with Crippen LogP contribution in [0.25, 0.3) is 11.5 Å². The lowest BCUT2D eigenvalue weighted by atomic mass is 10.2. The molecule has 138 valence electrons. The van der Waals surface area contributed by atoms with Crippen molar-refractivity contribution < 1.29 is 14.3 Å². The molecule has 1 aliphatic heterocycles. The van der Waals surface area contributed by atoms with Crippen molar-refractivity contribution in [2.75, 3.05) is 13.3 Å². The smallest absolute Gasteiger partial charge is 0.315 e. The van der Waals surface area contributed by atoms with Gasteiger partial charge in [-0.05, 0) is 29.8 Å². The predicted octanol–water partition coefficient (Wildman–Crippen LogP) is 2.17. The van der Waals surface area contributed by atoms with Crippen LogP contribution >= 0.6 is 0 Å². The molecule has 0 unspecified atom stereocenters. The normalized spacial score (nSPS) is 12.0. The number of urea groups is 1. The zero-order chi connectivity index (χ0) is 18.5. The van der Waals surface area contributed by atoms with E-state index in [-0.39, 0.29) is 12.8 Å². The Morgan fingerprint density at radius 2 is 2.00 bits per heavy atom. The highest BCUT2D eigenvalue weighted by molar-refractivity contribution is 5.73. The van der Waals surface area contributed by atoms with E-state index in [1.165, 1.54) is 0 Å². The van der Waals surface area contributed by atoms with E-state index < -0.39 is 0 Å². The Kier molecular flexibility index (Phi) is 4.86. The summed E-state index contributed by atoms with van der Waals surface area (Å²) in [6.07, 6.45) is 5.33. The first-order valence-corrected chi connectivity index (χ1v) is 8.62. The fourth-order valence-electron chi connectivity index (χ4n) is 2.80. The first kappa shape index (κ1) is 16.9. The molecule has 0 aliphatic carbocycles. The Morgan fingerprint density at radius 3 is 2.89 bits per heavy atom. The SMILES string of the molecule is O=C(NCCn1ccnc1-c1ccccn1)NCc1ccc2c(c1)OCO2. The van der Waals surface area contributed by atoms with Crippen LogP contribution in [0.1, 0.15) is 5.56 Å². The van der Waals surface area contributed by atoms with Gasteiger partial charge in [0.15, 0.2) is 17.3 Å². The molecule has 1 aliphatic rings. The Morgan fingerprint density at radius 1 is 1.07 bits per heavy atom. The molecule has 2 aromatic heterocycles. The van der Waals surface area contributed by atoms with Crippen molar-refractivity contribution in [1.82, 2.24) is 25.2 Å². The first-order valence-electron chi connectivity index (χ1n) is 8.62. The summed E-state index contributed by atoms with van der Waals surface area (Å²) >= 11 is 0. The molecule has 0 radical (unpaired) electrons. The molecule has 0 atom stereocenters. The highest BCUT2D eigenvalue weighted by Gasteiger charge is 2.13. The summed E-state index contributed by atoms with van der Waals surface area (Å²) in [7, 11) is 0. The molecule has 0 spiro atoms. The molecule has 0 fully saturated rings. The van der Waals surface area contributed by atoms with Gasteiger partial charge in [0.2, 0.25) is 6.79 Å². The summed E-state index contributed by atoms with van der Waals surface area (Å²) in [4.78, 5) is 20.7. The second-order valence-corrected chi connectivity index (χ2v) is 5.96. The van der Waals surface area contributed by atoms with Gasteiger partial charge in [0, 0.05) is 38.2 Å². The predicted molar refractivity (Wildman–Crippen MR) is 98.3 cm³/mol. The topological polar surface area (TPSA) is 90.3 Å². The van der Waals surface area contributed by atoms with E-state index in [4.69, 9.17) is 9.47 Å². The van der Waals surface area contributed by atoms with Crippen LogP contribution in [0.2, 0.25) is 0 Å². The van der Waals surface area contributed by atoms with Crippen molar-refractivity contribution in [2.24, 2.45) is 0 Å². The standard InChI is InChI=1S/C19H19N5O3/c25-19(23-12-14-4-5-16-17(11-14)27-13-26-16)22-8-10-24-9-7-21-18(24)15-3-1-2-6-20-15/h1-7,9,11H,8,10,12-13H2,(H2,22,23,25). The molecular formula is C19H19N5O3. The minimum absolute atomic E-state index is 0.229. The third kappa shape index (κ3) is 4.00. The lowest BCUT2D eigenvalue weighted by Crippen LogP contribution is -2.36. The van der Waals surface area contributed by atoms with Gasteiger partial charge in [0.05, 0.1) is 0 Å². The van der Waals surface area contributed by atoms with Crippen LogP contribution in [-0.4, -0.2) is 33.9 Å². The highest BCUT2D eigenvalue weighted by Crippen LogP contribution is 2.32. The van der Waals surface area contributed by atoms with Crippen LogP contribution in [0.3, 0.4) is 0 Å². The summed E-state index contributed by atoms with van der Waals surface area (Å²) in [5, 5.41) is 5.68. The van der Waals surface area contributed by atoms with E-state index in [1.807, 2.05) is 47.2 Å². The minimum atomic E-state index is -0.229. The molecular weight excluding hydrogens is 346 g/mol. The van der Waals surface area contributed by atoms with Gasteiger partial charge in [0.1, 0.15) is 5.69 Å². The maximum absolute atomic E-state index is 12.0. The molecule has 0 saturated heterocycles. The number of fused-ring (bicyclic) bond motifs is 1. The molecule has 3 heterocycles. The average molecular weight is 365 g/mol. The number of imidazole rings is 1. The number of carbonyl (C=O) groups is 1. The molecule has 0 bridgehead atoms. The third-order valence-corrected chi connectivity index (χ3v) is 4.14. The third-order valence-electron chi connectivity index (χ3n) is 4.14. The van der Waals surface area contributed by atoms with Gasteiger partial charge in [-0.15, -0.1) is 0 Å². The maximum atomic E-state index is 12.0. The molecule has 2 N–H and O–H groups in total. The van der Waals surface area contributed by atoms with Gasteiger partial charge in [-0.1, -0.05) is 12.1 Å². The Labute approximate surface area is 156 Å². The number of rotatable bonds is 6. The molecule has 2 amide bonds. The molecule has 0 saturated carbocycles. The molecule has 1 aromatic carbocycles. The lowest BCUT2D eigenvalue weighted by Gasteiger charge is -2.10. The van der Waals surface area contributed by atoms with Gasteiger partial charge >= 0.3 is 6.03 Å². The van der Waals surface area contributed by atoms with E-state index in [2.05, 4.69) is 20.6 Å². The summed E-state index contributed by atoms with van der Waals surface area (Å²) < 4.78 is 12.6. The Bertz CT molecular complexity index is 926. The second-order valence-electron chi connectivity index (χ2n) is 5.96. The molecule has 27 heavy (non-hydrogen) atoms. The number of hydrogen-bond acceptors (Lipinski definition) is 5. The number of ether oxygens (including phenoxy) is 2. The highest BCUT2D eigenvalue weighted by atomic mass is 16.7. The Balaban J connectivity index is 1.25. The van der Waals surface area contributed by atoms with Crippen LogP contribution in [-0.2, 0) is 13.1 Å². The van der Waals surface area contributed by atoms with Crippen LogP contribution < -0.4 is 20.1 Å². The summed E-state index contributed by atoms with van der Waals surface area (Å²) in [5.74, 6) is 2.21. The minimum Gasteiger partial charge on any atom is -0.454 e. The second kappa shape index (κ2) is 7.77. The van der Waals surface area contributed by atoms with Crippen molar-refractivity contribution in [2.45, 2.75) is 13.1 Å². The maximum Gasteiger partial charge on any atom is 0.315 e. The van der Waals surface area contributed by atoms with Crippen molar-refractivity contribution in [3.05, 3.63) is 60.6 Å². The van der Waals surface area contributed by atoms with E-state index >= 15 is 0 Å². The van der Waals surface area contributed by atoms with Crippen molar-refractivity contribution in [1.29, 1.82) is 0 Å². The number of pyridine rings is 1. The number of nitrogens with zero attached hydrogens (tertiary/aromatic N) is 3. The zero-order valence-electron chi connectivity index (χ0n) is 14.6. The van der Waals surface area contributed by atoms with Crippen LogP contribution in [0.4, 0.5) is 4.79 Å². The van der Waals surface area contributed by atoms with Crippen molar-refractivity contribution in [3.8, 4) is 23.0 Å². The molecule has 3 aromatic rings. The van der Waals surface area contributed by atoms with E-state index in [1.54, 1.807) is 12.4 Å². The number of hydrogen-bond donors (Lipinski definition) is 2. The first-order chi connectivity index (χ1) is 13.3. The quantitative estimate of drug-likeness (QED) is 0.699. The number of benzene rings is 1. The molecule has 8 nitrogen and oxygen atoms in total. The lowest BCUT2D eigenvalue weighted by molar-refractivity contribution is 0.174. The van der Waals surface area contributed by atoms with Crippen LogP contribution in [0.5, 0.6) is 11.5 Å². The number of nitrogens with one attached hydrogen (secondary N) is 2. The summed E-state index contributed by atoms with van der Waals surface area (Å²) in [6.45, 7) is 1.72. The fourth-order valence-corrected chi connectivity index (χ4v) is 2.80. The zero-order valence-corrected chi connectivity index (χ0v) is 14.6. The summed E-state index contributed by atoms with van der Waals surface area (Å²) in [5.41, 5.74) is 1.75. The summed E-state index contributed by atoms with van der Waals surface area (Å²) in [6, 6.07) is 11.1. The van der Waals surface area contributed by atoms with Crippen LogP contribution in [0.15, 0.2) is 55.0 Å². The Hall–Kier alpha value is -3.55. The van der Waals surface area contributed by atoms with Crippen LogP contribution in [0, 0.1) is 0 Å². The van der Waals surface area contributed by atoms with Crippen molar-refractivity contribution >= 4 is 6.03 Å². The molecule has 4 rings (SSSR count). The van der Waals surface area contributed by atoms with Crippen molar-refractivity contribution in [3.63, 3.8) is 0 Å². The van der Waals surface area contributed by atoms with E-state index in [9.17, 15) is 4.79 Å². The molecule has 8 heteroatoms. The van der Waals surface area contributed by atoms with Gasteiger partial charge in [-0.25, -0.2) is 9.78 Å². The monoisotopic (exact) mass is 365 g/mol.